The molecule has 0 bridgehead atoms. The zero-order valence-corrected chi connectivity index (χ0v) is 9.65. The smallest absolute Gasteiger partial charge is 0.133 e. The summed E-state index contributed by atoms with van der Waals surface area (Å²) in [5.74, 6) is 0.434. The van der Waals surface area contributed by atoms with Gasteiger partial charge in [0.2, 0.25) is 0 Å². The summed E-state index contributed by atoms with van der Waals surface area (Å²) in [5, 5.41) is 0. The lowest BCUT2D eigenvalue weighted by molar-refractivity contribution is -0.120. The van der Waals surface area contributed by atoms with Crippen LogP contribution in [0.15, 0.2) is 0 Å². The molecule has 1 nitrogen and oxygen atoms in total. The lowest BCUT2D eigenvalue weighted by atomic mass is 9.88. The van der Waals surface area contributed by atoms with Crippen LogP contribution in [-0.2, 0) is 4.79 Å². The molecule has 0 saturated carbocycles. The lowest BCUT2D eigenvalue weighted by Gasteiger charge is -2.16. The molecule has 0 amide bonds. The third kappa shape index (κ3) is 9.59. The van der Waals surface area contributed by atoms with Crippen molar-refractivity contribution in [1.82, 2.24) is 0 Å². The van der Waals surface area contributed by atoms with Crippen molar-refractivity contribution in [2.24, 2.45) is 5.41 Å². The molecule has 78 valence electrons. The second kappa shape index (κ2) is 6.17. The van der Waals surface area contributed by atoms with E-state index in [1.54, 1.807) is 0 Å². The SMILES string of the molecule is CCCCCCC(=O)CC(C)(C)C. The van der Waals surface area contributed by atoms with Crippen LogP contribution in [0.1, 0.15) is 66.2 Å². The Morgan fingerprint density at radius 3 is 2.15 bits per heavy atom. The minimum absolute atomic E-state index is 0.168. The average molecular weight is 184 g/mol. The predicted molar refractivity (Wildman–Crippen MR) is 57.8 cm³/mol. The second-order valence-corrected chi connectivity index (χ2v) is 5.09. The van der Waals surface area contributed by atoms with Crippen LogP contribution in [0.2, 0.25) is 0 Å². The highest BCUT2D eigenvalue weighted by molar-refractivity contribution is 5.78. The fraction of sp³-hybridized carbons (Fsp3) is 0.917. The Hall–Kier alpha value is -0.330. The standard InChI is InChI=1S/C12H24O/c1-5-6-7-8-9-11(13)10-12(2,3)4/h5-10H2,1-4H3. The van der Waals surface area contributed by atoms with Crippen molar-refractivity contribution in [2.45, 2.75) is 66.2 Å². The Morgan fingerprint density at radius 1 is 1.08 bits per heavy atom. The van der Waals surface area contributed by atoms with E-state index in [4.69, 9.17) is 0 Å². The van der Waals surface area contributed by atoms with Gasteiger partial charge in [0, 0.05) is 12.8 Å². The lowest BCUT2D eigenvalue weighted by Crippen LogP contribution is -2.12. The first-order chi connectivity index (χ1) is 5.95. The van der Waals surface area contributed by atoms with Crippen LogP contribution in [0.4, 0.5) is 0 Å². The third-order valence-corrected chi connectivity index (χ3v) is 2.04. The maximum absolute atomic E-state index is 11.4. The van der Waals surface area contributed by atoms with Crippen LogP contribution < -0.4 is 0 Å². The van der Waals surface area contributed by atoms with Crippen LogP contribution in [-0.4, -0.2) is 5.78 Å². The van der Waals surface area contributed by atoms with Crippen molar-refractivity contribution in [3.63, 3.8) is 0 Å². The Bertz CT molecular complexity index is 142. The van der Waals surface area contributed by atoms with Crippen LogP contribution in [0.5, 0.6) is 0 Å². The summed E-state index contributed by atoms with van der Waals surface area (Å²) in [6.45, 7) is 8.56. The minimum atomic E-state index is 0.168. The second-order valence-electron chi connectivity index (χ2n) is 5.09. The van der Waals surface area contributed by atoms with Crippen molar-refractivity contribution >= 4 is 5.78 Å². The molecule has 0 rings (SSSR count). The molecule has 0 aromatic heterocycles. The van der Waals surface area contributed by atoms with Crippen molar-refractivity contribution in [2.75, 3.05) is 0 Å². The first kappa shape index (κ1) is 12.7. The Kier molecular flexibility index (Phi) is 6.02. The van der Waals surface area contributed by atoms with Crippen molar-refractivity contribution in [3.8, 4) is 0 Å². The zero-order chi connectivity index (χ0) is 10.3. The summed E-state index contributed by atoms with van der Waals surface area (Å²) in [6.07, 6.45) is 6.34. The van der Waals surface area contributed by atoms with E-state index in [1.165, 1.54) is 19.3 Å². The van der Waals surface area contributed by atoms with E-state index in [9.17, 15) is 4.79 Å². The molecule has 0 heterocycles. The maximum Gasteiger partial charge on any atom is 0.133 e. The zero-order valence-electron chi connectivity index (χ0n) is 9.65. The number of ketones is 1. The van der Waals surface area contributed by atoms with Crippen molar-refractivity contribution in [1.29, 1.82) is 0 Å². The van der Waals surface area contributed by atoms with Crippen molar-refractivity contribution < 1.29 is 4.79 Å². The van der Waals surface area contributed by atoms with E-state index >= 15 is 0 Å². The molecule has 0 aliphatic rings. The first-order valence-corrected chi connectivity index (χ1v) is 5.47. The Morgan fingerprint density at radius 2 is 1.69 bits per heavy atom. The highest BCUT2D eigenvalue weighted by Crippen LogP contribution is 2.20. The molecule has 0 unspecified atom stereocenters. The summed E-state index contributed by atoms with van der Waals surface area (Å²) >= 11 is 0. The Balaban J connectivity index is 3.41. The van der Waals surface area contributed by atoms with E-state index in [1.807, 2.05) is 0 Å². The summed E-state index contributed by atoms with van der Waals surface area (Å²) in [5.41, 5.74) is 0.168. The van der Waals surface area contributed by atoms with Gasteiger partial charge in [0.15, 0.2) is 0 Å². The molecule has 0 fully saturated rings. The molecule has 0 aromatic carbocycles. The van der Waals surface area contributed by atoms with E-state index in [-0.39, 0.29) is 5.41 Å². The molecular formula is C12H24O. The van der Waals surface area contributed by atoms with Crippen LogP contribution in [0.3, 0.4) is 0 Å². The fourth-order valence-electron chi connectivity index (χ4n) is 1.43. The molecule has 0 radical (unpaired) electrons. The predicted octanol–water partition coefficient (Wildman–Crippen LogP) is 3.96. The van der Waals surface area contributed by atoms with Gasteiger partial charge in [0.05, 0.1) is 0 Å². The van der Waals surface area contributed by atoms with Crippen LogP contribution in [0, 0.1) is 5.41 Å². The molecule has 0 atom stereocenters. The molecule has 0 spiro atoms. The third-order valence-electron chi connectivity index (χ3n) is 2.04. The number of Topliss-reactive ketones (excluding diaryl/α,β-unsaturated/α-hetero) is 1. The molecule has 0 saturated heterocycles. The van der Waals surface area contributed by atoms with Gasteiger partial charge in [0.1, 0.15) is 5.78 Å². The number of hydrogen-bond donors (Lipinski definition) is 0. The Labute approximate surface area is 82.9 Å². The van der Waals surface area contributed by atoms with Gasteiger partial charge >= 0.3 is 0 Å². The minimum Gasteiger partial charge on any atom is -0.300 e. The largest absolute Gasteiger partial charge is 0.300 e. The van der Waals surface area contributed by atoms with Crippen LogP contribution in [0.25, 0.3) is 0 Å². The number of carbonyl (C=O) groups is 1. The maximum atomic E-state index is 11.4. The van der Waals surface area contributed by atoms with Gasteiger partial charge in [-0.3, -0.25) is 4.79 Å². The quantitative estimate of drug-likeness (QED) is 0.571. The van der Waals surface area contributed by atoms with E-state index in [0.717, 1.165) is 19.3 Å². The number of rotatable bonds is 6. The molecule has 13 heavy (non-hydrogen) atoms. The molecule has 0 aliphatic heterocycles. The van der Waals surface area contributed by atoms with E-state index < -0.39 is 0 Å². The topological polar surface area (TPSA) is 17.1 Å². The van der Waals surface area contributed by atoms with Gasteiger partial charge in [-0.2, -0.15) is 0 Å². The monoisotopic (exact) mass is 184 g/mol. The van der Waals surface area contributed by atoms with Gasteiger partial charge in [-0.1, -0.05) is 47.0 Å². The number of carbonyl (C=O) groups excluding carboxylic acids is 1. The highest BCUT2D eigenvalue weighted by Gasteiger charge is 2.14. The molecule has 0 N–H and O–H groups in total. The van der Waals surface area contributed by atoms with Gasteiger partial charge in [-0.05, 0) is 11.8 Å². The highest BCUT2D eigenvalue weighted by atomic mass is 16.1. The van der Waals surface area contributed by atoms with E-state index in [0.29, 0.717) is 5.78 Å². The van der Waals surface area contributed by atoms with Crippen molar-refractivity contribution in [3.05, 3.63) is 0 Å². The summed E-state index contributed by atoms with van der Waals surface area (Å²) in [4.78, 5) is 11.4. The summed E-state index contributed by atoms with van der Waals surface area (Å²) in [6, 6.07) is 0. The molecular weight excluding hydrogens is 160 g/mol. The average Bonchev–Trinajstić information content (AvgIpc) is 1.94. The number of hydrogen-bond acceptors (Lipinski definition) is 1. The summed E-state index contributed by atoms with van der Waals surface area (Å²) in [7, 11) is 0. The molecule has 0 aliphatic carbocycles. The van der Waals surface area contributed by atoms with Gasteiger partial charge < -0.3 is 0 Å². The summed E-state index contributed by atoms with van der Waals surface area (Å²) < 4.78 is 0. The van der Waals surface area contributed by atoms with Crippen LogP contribution >= 0.6 is 0 Å². The first-order valence-electron chi connectivity index (χ1n) is 5.47. The fourth-order valence-corrected chi connectivity index (χ4v) is 1.43. The van der Waals surface area contributed by atoms with Gasteiger partial charge in [-0.15, -0.1) is 0 Å². The van der Waals surface area contributed by atoms with Gasteiger partial charge in [0.25, 0.3) is 0 Å². The molecule has 1 heteroatoms. The van der Waals surface area contributed by atoms with Gasteiger partial charge in [-0.25, -0.2) is 0 Å². The number of unbranched alkanes of at least 4 members (excludes halogenated alkanes) is 3. The normalized spacial score (nSPS) is 11.7. The molecule has 0 aromatic rings. The van der Waals surface area contributed by atoms with E-state index in [2.05, 4.69) is 27.7 Å².